The first-order valence-corrected chi connectivity index (χ1v) is 12.4. The minimum absolute atomic E-state index is 0.0688. The monoisotopic (exact) mass is 452 g/mol. The van der Waals surface area contributed by atoms with Gasteiger partial charge >= 0.3 is 6.09 Å². The third-order valence-corrected chi connectivity index (χ3v) is 8.00. The van der Waals surface area contributed by atoms with Gasteiger partial charge in [0.2, 0.25) is 5.91 Å². The smallest absolute Gasteiger partial charge is 0.410 e. The van der Waals surface area contributed by atoms with Crippen LogP contribution in [0.3, 0.4) is 0 Å². The second-order valence-corrected chi connectivity index (χ2v) is 10.4. The first-order valence-electron chi connectivity index (χ1n) is 12.4. The van der Waals surface area contributed by atoms with Gasteiger partial charge in [-0.25, -0.2) is 4.79 Å². The molecule has 4 bridgehead atoms. The minimum atomic E-state index is -0.446. The molecule has 178 valence electrons. The summed E-state index contributed by atoms with van der Waals surface area (Å²) in [6.45, 7) is 7.50. The standard InChI is InChI=1S/C26H36N4O3/c1-5-18-12-17-13-22-24(18)29(15-17)10-8-20-21-14-19(33-26(32)27-9-11-28(3)4)6-7-23(21)30(16(2)31)25(20)22/h6-7,14,17-18,22,24H,5,8-13,15H2,1-4H3,(H,27,32)/t17-,18+,22-,24+/m1/s1. The highest BCUT2D eigenvalue weighted by Crippen LogP contribution is 2.52. The maximum absolute atomic E-state index is 12.9. The van der Waals surface area contributed by atoms with Crippen LogP contribution in [0.4, 0.5) is 4.79 Å². The first kappa shape index (κ1) is 22.4. The summed E-state index contributed by atoms with van der Waals surface area (Å²) in [6, 6.07) is 6.24. The van der Waals surface area contributed by atoms with Crippen molar-refractivity contribution >= 4 is 22.9 Å². The van der Waals surface area contributed by atoms with Gasteiger partial charge in [0.1, 0.15) is 5.75 Å². The molecule has 3 aliphatic heterocycles. The van der Waals surface area contributed by atoms with E-state index in [0.29, 0.717) is 30.2 Å². The first-order chi connectivity index (χ1) is 15.9. The number of hydrogen-bond donors (Lipinski definition) is 1. The fraction of sp³-hybridized carbons (Fsp3) is 0.615. The lowest BCUT2D eigenvalue weighted by molar-refractivity contribution is -0.0140. The molecule has 4 heterocycles. The minimum Gasteiger partial charge on any atom is -0.410 e. The number of benzene rings is 1. The number of aromatic nitrogens is 1. The lowest BCUT2D eigenvalue weighted by Crippen LogP contribution is -2.56. The van der Waals surface area contributed by atoms with E-state index in [1.807, 2.05) is 35.7 Å². The van der Waals surface area contributed by atoms with Crippen LogP contribution in [0.1, 0.15) is 55.1 Å². The lowest BCUT2D eigenvalue weighted by atomic mass is 9.65. The molecule has 33 heavy (non-hydrogen) atoms. The molecule has 4 aliphatic rings. The van der Waals surface area contributed by atoms with Crippen LogP contribution in [-0.4, -0.2) is 72.7 Å². The highest BCUT2D eigenvalue weighted by molar-refractivity contribution is 5.96. The average molecular weight is 453 g/mol. The van der Waals surface area contributed by atoms with E-state index in [-0.39, 0.29) is 5.91 Å². The van der Waals surface area contributed by atoms with E-state index < -0.39 is 6.09 Å². The molecule has 1 N–H and O–H groups in total. The van der Waals surface area contributed by atoms with Crippen LogP contribution in [0.15, 0.2) is 18.2 Å². The van der Waals surface area contributed by atoms with E-state index in [1.165, 1.54) is 37.1 Å². The SMILES string of the molecule is CC[C@H]1C[C@@H]2C[C@H]3c4c(c5cc(OC(=O)NCCN(C)C)ccc5n4C(C)=O)CCN(C2)[C@@H]13. The molecule has 1 aromatic heterocycles. The number of likely N-dealkylation sites (N-methyl/N-ethyl adjacent to an activating group) is 1. The molecule has 3 fully saturated rings. The molecule has 1 aliphatic carbocycles. The average Bonchev–Trinajstić information content (AvgIpc) is 3.05. The summed E-state index contributed by atoms with van der Waals surface area (Å²) in [7, 11) is 3.93. The molecular formula is C26H36N4O3. The van der Waals surface area contributed by atoms with E-state index in [0.717, 1.165) is 36.3 Å². The van der Waals surface area contributed by atoms with Gasteiger partial charge < -0.3 is 15.0 Å². The highest BCUT2D eigenvalue weighted by Gasteiger charge is 2.49. The molecule has 1 saturated carbocycles. The molecule has 1 aromatic carbocycles. The van der Waals surface area contributed by atoms with Crippen LogP contribution in [0.2, 0.25) is 0 Å². The molecule has 1 amide bonds. The van der Waals surface area contributed by atoms with Crippen molar-refractivity contribution in [3.63, 3.8) is 0 Å². The Bertz CT molecular complexity index is 1080. The van der Waals surface area contributed by atoms with Crippen molar-refractivity contribution in [1.29, 1.82) is 0 Å². The van der Waals surface area contributed by atoms with Crippen molar-refractivity contribution in [3.05, 3.63) is 29.5 Å². The van der Waals surface area contributed by atoms with Crippen molar-refractivity contribution < 1.29 is 14.3 Å². The Morgan fingerprint density at radius 1 is 1.24 bits per heavy atom. The van der Waals surface area contributed by atoms with E-state index in [4.69, 9.17) is 4.74 Å². The van der Waals surface area contributed by atoms with Crippen LogP contribution >= 0.6 is 0 Å². The molecule has 2 saturated heterocycles. The van der Waals surface area contributed by atoms with Gasteiger partial charge in [0.05, 0.1) is 5.52 Å². The van der Waals surface area contributed by atoms with E-state index in [2.05, 4.69) is 17.1 Å². The summed E-state index contributed by atoms with van der Waals surface area (Å²) in [5, 5.41) is 3.85. The number of piperidine rings is 2. The topological polar surface area (TPSA) is 66.8 Å². The Morgan fingerprint density at radius 3 is 2.79 bits per heavy atom. The van der Waals surface area contributed by atoms with Crippen molar-refractivity contribution in [3.8, 4) is 5.75 Å². The van der Waals surface area contributed by atoms with E-state index in [9.17, 15) is 9.59 Å². The molecule has 1 unspecified atom stereocenters. The zero-order valence-corrected chi connectivity index (χ0v) is 20.3. The summed E-state index contributed by atoms with van der Waals surface area (Å²) in [4.78, 5) is 29.9. The predicted octanol–water partition coefficient (Wildman–Crippen LogP) is 3.71. The molecule has 2 aromatic rings. The Balaban J connectivity index is 1.52. The second kappa shape index (κ2) is 8.76. The summed E-state index contributed by atoms with van der Waals surface area (Å²) in [5.41, 5.74) is 3.44. The van der Waals surface area contributed by atoms with Gasteiger partial charge in [0.15, 0.2) is 0 Å². The van der Waals surface area contributed by atoms with Crippen LogP contribution in [-0.2, 0) is 6.42 Å². The second-order valence-electron chi connectivity index (χ2n) is 10.4. The molecular weight excluding hydrogens is 416 g/mol. The van der Waals surface area contributed by atoms with Crippen molar-refractivity contribution in [1.82, 2.24) is 19.7 Å². The molecule has 5 atom stereocenters. The number of amides is 1. The number of fused-ring (bicyclic) bond motifs is 4. The maximum Gasteiger partial charge on any atom is 0.412 e. The number of nitrogens with one attached hydrogen (secondary N) is 1. The summed E-state index contributed by atoms with van der Waals surface area (Å²) < 4.78 is 7.56. The fourth-order valence-electron chi connectivity index (χ4n) is 6.76. The quantitative estimate of drug-likeness (QED) is 0.749. The molecule has 6 rings (SSSR count). The lowest BCUT2D eigenvalue weighted by Gasteiger charge is -2.53. The van der Waals surface area contributed by atoms with E-state index in [1.54, 1.807) is 13.0 Å². The largest absolute Gasteiger partial charge is 0.412 e. The van der Waals surface area contributed by atoms with Gasteiger partial charge in [-0.1, -0.05) is 13.3 Å². The number of hydrogen-bond acceptors (Lipinski definition) is 5. The Hall–Kier alpha value is -2.38. The maximum atomic E-state index is 12.9. The zero-order valence-electron chi connectivity index (χ0n) is 20.3. The van der Waals surface area contributed by atoms with Gasteiger partial charge in [-0.3, -0.25) is 14.3 Å². The summed E-state index contributed by atoms with van der Waals surface area (Å²) in [5.74, 6) is 2.42. The molecule has 0 radical (unpaired) electrons. The highest BCUT2D eigenvalue weighted by atomic mass is 16.6. The van der Waals surface area contributed by atoms with Crippen LogP contribution in [0.25, 0.3) is 10.9 Å². The Morgan fingerprint density at radius 2 is 2.06 bits per heavy atom. The van der Waals surface area contributed by atoms with Crippen molar-refractivity contribution in [2.45, 2.75) is 51.5 Å². The normalized spacial score (nSPS) is 28.0. The van der Waals surface area contributed by atoms with Gasteiger partial charge in [-0.05, 0) is 69.0 Å². The third kappa shape index (κ3) is 3.95. The van der Waals surface area contributed by atoms with Crippen molar-refractivity contribution in [2.75, 3.05) is 40.3 Å². The molecule has 7 heteroatoms. The van der Waals surface area contributed by atoms with Crippen molar-refractivity contribution in [2.24, 2.45) is 11.8 Å². The number of ether oxygens (including phenoxy) is 1. The van der Waals surface area contributed by atoms with Crippen LogP contribution < -0.4 is 10.1 Å². The van der Waals surface area contributed by atoms with Crippen LogP contribution in [0.5, 0.6) is 5.75 Å². The van der Waals surface area contributed by atoms with Crippen LogP contribution in [0, 0.1) is 11.8 Å². The third-order valence-electron chi connectivity index (χ3n) is 8.00. The number of nitrogens with zero attached hydrogens (tertiary/aromatic N) is 3. The van der Waals surface area contributed by atoms with Gasteiger partial charge in [0, 0.05) is 56.1 Å². The van der Waals surface area contributed by atoms with E-state index >= 15 is 0 Å². The number of carbonyl (C=O) groups is 2. The predicted molar refractivity (Wildman–Crippen MR) is 129 cm³/mol. The van der Waals surface area contributed by atoms with Gasteiger partial charge in [0.25, 0.3) is 0 Å². The number of rotatable bonds is 5. The van der Waals surface area contributed by atoms with Gasteiger partial charge in [-0.15, -0.1) is 0 Å². The molecule has 0 spiro atoms. The Kier molecular flexibility index (Phi) is 5.95. The zero-order chi connectivity index (χ0) is 23.3. The Labute approximate surface area is 196 Å². The van der Waals surface area contributed by atoms with Gasteiger partial charge in [-0.2, -0.15) is 0 Å². The fourth-order valence-corrected chi connectivity index (χ4v) is 6.76. The molecule has 7 nitrogen and oxygen atoms in total. The summed E-state index contributed by atoms with van der Waals surface area (Å²) >= 11 is 0. The summed E-state index contributed by atoms with van der Waals surface area (Å²) in [6.07, 6.45) is 4.18. The number of carbonyl (C=O) groups excluding carboxylic acids is 2.